The fraction of sp³-hybridized carbons (Fsp3) is 0.286. The van der Waals surface area contributed by atoms with Crippen molar-refractivity contribution in [3.63, 3.8) is 0 Å². The molecule has 0 atom stereocenters. The van der Waals surface area contributed by atoms with E-state index in [0.717, 1.165) is 45.5 Å². The van der Waals surface area contributed by atoms with Crippen LogP contribution in [0.2, 0.25) is 0 Å². The van der Waals surface area contributed by atoms with Crippen LogP contribution in [0.25, 0.3) is 10.9 Å². The largest absolute Gasteiger partial charge is 0.480 e. The van der Waals surface area contributed by atoms with Crippen molar-refractivity contribution in [3.05, 3.63) is 53.7 Å². The molecule has 0 saturated heterocycles. The van der Waals surface area contributed by atoms with Crippen LogP contribution in [0.4, 0.5) is 0 Å². The lowest BCUT2D eigenvalue weighted by molar-refractivity contribution is -0.137. The summed E-state index contributed by atoms with van der Waals surface area (Å²) >= 11 is 1.57. The molecule has 1 aromatic heterocycles. The Morgan fingerprint density at radius 3 is 2.59 bits per heavy atom. The van der Waals surface area contributed by atoms with Gasteiger partial charge in [0.1, 0.15) is 12.3 Å². The molecule has 1 heterocycles. The number of aromatic nitrogens is 1. The summed E-state index contributed by atoms with van der Waals surface area (Å²) in [6.45, 7) is 3.83. The van der Waals surface area contributed by atoms with E-state index in [4.69, 9.17) is 4.18 Å². The highest BCUT2D eigenvalue weighted by Crippen LogP contribution is 2.41. The van der Waals surface area contributed by atoms with Gasteiger partial charge in [-0.25, -0.2) is 0 Å². The minimum Gasteiger partial charge on any atom is -0.480 e. The van der Waals surface area contributed by atoms with Crippen LogP contribution < -0.4 is 4.18 Å². The smallest absolute Gasteiger partial charge is 0.323 e. The highest BCUT2D eigenvalue weighted by Gasteiger charge is 2.19. The van der Waals surface area contributed by atoms with Crippen molar-refractivity contribution in [2.75, 3.05) is 6.26 Å². The molecule has 29 heavy (non-hydrogen) atoms. The molecule has 0 unspecified atom stereocenters. The van der Waals surface area contributed by atoms with Crippen LogP contribution >= 0.6 is 11.8 Å². The summed E-state index contributed by atoms with van der Waals surface area (Å²) < 4.78 is 29.8. The average molecular weight is 434 g/mol. The molecule has 8 heteroatoms. The van der Waals surface area contributed by atoms with Crippen LogP contribution in [-0.4, -0.2) is 30.3 Å². The Balaban J connectivity index is 2.17. The van der Waals surface area contributed by atoms with Gasteiger partial charge in [0.15, 0.2) is 0 Å². The topological polar surface area (TPSA) is 85.6 Å². The predicted molar refractivity (Wildman–Crippen MR) is 114 cm³/mol. The fourth-order valence-electron chi connectivity index (χ4n) is 3.31. The molecule has 0 bridgehead atoms. The van der Waals surface area contributed by atoms with Crippen LogP contribution in [0, 0.1) is 6.92 Å². The van der Waals surface area contributed by atoms with Crippen molar-refractivity contribution in [2.24, 2.45) is 0 Å². The quantitative estimate of drug-likeness (QED) is 0.527. The number of benzene rings is 2. The van der Waals surface area contributed by atoms with E-state index in [0.29, 0.717) is 0 Å². The second kappa shape index (κ2) is 8.51. The van der Waals surface area contributed by atoms with Gasteiger partial charge in [-0.15, -0.1) is 0 Å². The lowest BCUT2D eigenvalue weighted by Crippen LogP contribution is -2.10. The number of rotatable bonds is 8. The predicted octanol–water partition coefficient (Wildman–Crippen LogP) is 4.48. The standard InChI is InChI=1S/C21H23NO5S2/c1-4-7-15-8-5-6-9-19(15)28-21-14(2)22(13-20(23)24)18-11-10-16(12-17(18)21)27-29(3,25)26/h5-6,8-12H,4,7,13H2,1-3H3,(H,23,24). The third-order valence-corrected chi connectivity index (χ3v) is 6.31. The van der Waals surface area contributed by atoms with Gasteiger partial charge in [-0.3, -0.25) is 4.79 Å². The second-order valence-corrected chi connectivity index (χ2v) is 9.45. The van der Waals surface area contributed by atoms with Crippen molar-refractivity contribution in [1.82, 2.24) is 4.57 Å². The van der Waals surface area contributed by atoms with E-state index in [2.05, 4.69) is 13.0 Å². The van der Waals surface area contributed by atoms with Gasteiger partial charge in [-0.05, 0) is 43.2 Å². The Labute approximate surface area is 174 Å². The Bertz CT molecular complexity index is 1170. The van der Waals surface area contributed by atoms with Crippen molar-refractivity contribution in [1.29, 1.82) is 0 Å². The van der Waals surface area contributed by atoms with Gasteiger partial charge in [-0.1, -0.05) is 43.3 Å². The first-order chi connectivity index (χ1) is 13.7. The highest BCUT2D eigenvalue weighted by molar-refractivity contribution is 7.99. The van der Waals surface area contributed by atoms with Gasteiger partial charge in [0.25, 0.3) is 0 Å². The zero-order valence-electron chi connectivity index (χ0n) is 16.5. The molecular formula is C21H23NO5S2. The minimum absolute atomic E-state index is 0.175. The number of hydrogen-bond acceptors (Lipinski definition) is 5. The molecule has 0 amide bonds. The molecule has 0 spiro atoms. The number of carboxylic acid groups (broad SMARTS) is 1. The van der Waals surface area contributed by atoms with Gasteiger partial charge in [0.05, 0.1) is 11.8 Å². The summed E-state index contributed by atoms with van der Waals surface area (Å²) in [6, 6.07) is 13.0. The van der Waals surface area contributed by atoms with Gasteiger partial charge in [0, 0.05) is 20.9 Å². The Kier molecular flexibility index (Phi) is 6.24. The number of fused-ring (bicyclic) bond motifs is 1. The maximum absolute atomic E-state index is 11.5. The summed E-state index contributed by atoms with van der Waals surface area (Å²) in [7, 11) is -3.66. The maximum Gasteiger partial charge on any atom is 0.323 e. The monoisotopic (exact) mass is 433 g/mol. The first-order valence-corrected chi connectivity index (χ1v) is 11.8. The van der Waals surface area contributed by atoms with Crippen LogP contribution in [0.5, 0.6) is 5.75 Å². The molecule has 2 aromatic carbocycles. The minimum atomic E-state index is -3.66. The lowest BCUT2D eigenvalue weighted by Gasteiger charge is -2.09. The first-order valence-electron chi connectivity index (χ1n) is 9.19. The summed E-state index contributed by atoms with van der Waals surface area (Å²) in [5, 5.41) is 10.1. The zero-order chi connectivity index (χ0) is 21.2. The van der Waals surface area contributed by atoms with E-state index < -0.39 is 16.1 Å². The first kappa shape index (κ1) is 21.3. The molecule has 6 nitrogen and oxygen atoms in total. The van der Waals surface area contributed by atoms with Crippen LogP contribution in [-0.2, 0) is 27.9 Å². The van der Waals surface area contributed by atoms with E-state index in [1.54, 1.807) is 34.5 Å². The van der Waals surface area contributed by atoms with Crippen LogP contribution in [0.3, 0.4) is 0 Å². The van der Waals surface area contributed by atoms with Gasteiger partial charge in [0.2, 0.25) is 0 Å². The summed E-state index contributed by atoms with van der Waals surface area (Å²) in [6.07, 6.45) is 2.96. The van der Waals surface area contributed by atoms with Crippen molar-refractivity contribution in [2.45, 2.75) is 43.0 Å². The van der Waals surface area contributed by atoms with Crippen LogP contribution in [0.1, 0.15) is 24.6 Å². The third kappa shape index (κ3) is 4.94. The van der Waals surface area contributed by atoms with Crippen LogP contribution in [0.15, 0.2) is 52.3 Å². The van der Waals surface area contributed by atoms with Gasteiger partial charge < -0.3 is 13.9 Å². The molecule has 0 aliphatic carbocycles. The average Bonchev–Trinajstić information content (AvgIpc) is 2.87. The number of nitrogens with zero attached hydrogens (tertiary/aromatic N) is 1. The maximum atomic E-state index is 11.5. The van der Waals surface area contributed by atoms with E-state index >= 15 is 0 Å². The molecule has 0 fully saturated rings. The molecule has 154 valence electrons. The molecule has 0 radical (unpaired) electrons. The molecular weight excluding hydrogens is 410 g/mol. The van der Waals surface area contributed by atoms with Gasteiger partial charge >= 0.3 is 16.1 Å². The molecule has 0 aliphatic heterocycles. The molecule has 0 aliphatic rings. The van der Waals surface area contributed by atoms with Crippen molar-refractivity contribution >= 4 is 38.8 Å². The molecule has 3 aromatic rings. The number of hydrogen-bond donors (Lipinski definition) is 1. The Morgan fingerprint density at radius 2 is 1.93 bits per heavy atom. The fourth-order valence-corrected chi connectivity index (χ4v) is 4.97. The van der Waals surface area contributed by atoms with E-state index in [1.165, 1.54) is 5.56 Å². The van der Waals surface area contributed by atoms with E-state index in [9.17, 15) is 18.3 Å². The lowest BCUT2D eigenvalue weighted by atomic mass is 10.1. The molecule has 3 rings (SSSR count). The third-order valence-electron chi connectivity index (χ3n) is 4.48. The number of carboxylic acids is 1. The Morgan fingerprint density at radius 1 is 1.21 bits per heavy atom. The van der Waals surface area contributed by atoms with E-state index in [1.807, 2.05) is 25.1 Å². The molecule has 1 N–H and O–H groups in total. The zero-order valence-corrected chi connectivity index (χ0v) is 18.1. The number of aliphatic carboxylic acids is 1. The summed E-state index contributed by atoms with van der Waals surface area (Å²) in [5.74, 6) is -0.736. The van der Waals surface area contributed by atoms with Gasteiger partial charge in [-0.2, -0.15) is 8.42 Å². The summed E-state index contributed by atoms with van der Waals surface area (Å²) in [5.41, 5.74) is 2.76. The number of carbonyl (C=O) groups is 1. The van der Waals surface area contributed by atoms with E-state index in [-0.39, 0.29) is 12.3 Å². The number of aryl methyl sites for hydroxylation is 1. The SMILES string of the molecule is CCCc1ccccc1Sc1c(C)n(CC(=O)O)c2ccc(OS(C)(=O)=O)cc12. The Hall–Kier alpha value is -2.45. The molecule has 0 saturated carbocycles. The summed E-state index contributed by atoms with van der Waals surface area (Å²) in [4.78, 5) is 13.4. The van der Waals surface area contributed by atoms with Crippen molar-refractivity contribution in [3.8, 4) is 5.75 Å². The highest BCUT2D eigenvalue weighted by atomic mass is 32.2. The second-order valence-electron chi connectivity index (χ2n) is 6.82. The van der Waals surface area contributed by atoms with Crippen molar-refractivity contribution < 1.29 is 22.5 Å². The normalized spacial score (nSPS) is 11.7.